The van der Waals surface area contributed by atoms with Crippen LogP contribution in [-0.2, 0) is 11.3 Å². The van der Waals surface area contributed by atoms with Crippen LogP contribution in [0.1, 0.15) is 28.9 Å². The molecule has 0 spiro atoms. The van der Waals surface area contributed by atoms with Crippen molar-refractivity contribution in [1.29, 1.82) is 0 Å². The molecule has 1 aliphatic rings. The molecule has 2 rings (SSSR count). The highest BCUT2D eigenvalue weighted by molar-refractivity contribution is 7.11. The average molecular weight is 340 g/mol. The molecule has 0 atom stereocenters. The Bertz CT molecular complexity index is 497. The third kappa shape index (κ3) is 6.45. The Morgan fingerprint density at radius 2 is 2.09 bits per heavy atom. The van der Waals surface area contributed by atoms with Crippen LogP contribution in [0.4, 0.5) is 0 Å². The van der Waals surface area contributed by atoms with Crippen molar-refractivity contribution in [3.63, 3.8) is 0 Å². The number of guanidine groups is 1. The Kier molecular flexibility index (Phi) is 7.78. The summed E-state index contributed by atoms with van der Waals surface area (Å²) in [7, 11) is 0. The van der Waals surface area contributed by atoms with Crippen LogP contribution in [0.25, 0.3) is 0 Å². The van der Waals surface area contributed by atoms with Crippen molar-refractivity contribution in [2.45, 2.75) is 33.7 Å². The number of aliphatic imine (C=N–C) groups is 1. The molecule has 130 valence electrons. The van der Waals surface area contributed by atoms with Gasteiger partial charge < -0.3 is 15.4 Å². The number of hydrogen-bond donors (Lipinski definition) is 2. The van der Waals surface area contributed by atoms with E-state index in [-0.39, 0.29) is 0 Å². The molecule has 2 N–H and O–H groups in total. The summed E-state index contributed by atoms with van der Waals surface area (Å²) in [5.74, 6) is 0.889. The van der Waals surface area contributed by atoms with Crippen LogP contribution in [0.2, 0.25) is 0 Å². The van der Waals surface area contributed by atoms with Gasteiger partial charge in [0.15, 0.2) is 5.96 Å². The van der Waals surface area contributed by atoms with Crippen molar-refractivity contribution >= 4 is 17.3 Å². The van der Waals surface area contributed by atoms with E-state index in [4.69, 9.17) is 4.74 Å². The maximum atomic E-state index is 5.37. The average Bonchev–Trinajstić information content (AvgIpc) is 2.87. The molecule has 0 aliphatic carbocycles. The fourth-order valence-corrected chi connectivity index (χ4v) is 3.41. The molecule has 0 radical (unpaired) electrons. The van der Waals surface area contributed by atoms with Crippen molar-refractivity contribution in [1.82, 2.24) is 20.5 Å². The number of nitrogens with zero attached hydrogens (tertiary/aromatic N) is 3. The third-order valence-electron chi connectivity index (χ3n) is 3.77. The zero-order chi connectivity index (χ0) is 16.5. The summed E-state index contributed by atoms with van der Waals surface area (Å²) >= 11 is 1.73. The Labute approximate surface area is 143 Å². The Balaban J connectivity index is 1.74. The van der Waals surface area contributed by atoms with E-state index in [0.717, 1.165) is 69.0 Å². The third-order valence-corrected chi connectivity index (χ3v) is 4.83. The summed E-state index contributed by atoms with van der Waals surface area (Å²) in [5.41, 5.74) is 1.10. The number of nitrogens with one attached hydrogen (secondary N) is 2. The fraction of sp³-hybridized carbons (Fsp3) is 0.750. The second-order valence-electron chi connectivity index (χ2n) is 5.67. The van der Waals surface area contributed by atoms with Crippen LogP contribution in [0, 0.1) is 13.8 Å². The van der Waals surface area contributed by atoms with Crippen molar-refractivity contribution in [2.75, 3.05) is 45.9 Å². The number of ether oxygens (including phenoxy) is 1. The van der Waals surface area contributed by atoms with Gasteiger partial charge in [0.2, 0.25) is 0 Å². The highest BCUT2D eigenvalue weighted by Crippen LogP contribution is 2.17. The van der Waals surface area contributed by atoms with Gasteiger partial charge in [0.25, 0.3) is 0 Å². The molecule has 0 unspecified atom stereocenters. The van der Waals surface area contributed by atoms with Gasteiger partial charge >= 0.3 is 0 Å². The zero-order valence-corrected chi connectivity index (χ0v) is 15.3. The quantitative estimate of drug-likeness (QED) is 0.448. The lowest BCUT2D eigenvalue weighted by Gasteiger charge is -2.26. The number of rotatable bonds is 7. The Hall–Kier alpha value is -1.18. The second kappa shape index (κ2) is 9.85. The predicted octanol–water partition coefficient (Wildman–Crippen LogP) is 1.54. The monoisotopic (exact) mass is 339 g/mol. The minimum Gasteiger partial charge on any atom is -0.379 e. The van der Waals surface area contributed by atoms with E-state index in [2.05, 4.69) is 39.4 Å². The number of morpholine rings is 1. The molecule has 23 heavy (non-hydrogen) atoms. The molecule has 6 nitrogen and oxygen atoms in total. The van der Waals surface area contributed by atoms with E-state index < -0.39 is 0 Å². The fourth-order valence-electron chi connectivity index (χ4n) is 2.55. The molecule has 0 aromatic carbocycles. The standard InChI is InChI=1S/C16H29N5OS/c1-4-17-16(19-12-15-13(2)20-14(3)23-15)18-6-5-7-21-8-10-22-11-9-21/h4-12H2,1-3H3,(H2,17,18,19). The Morgan fingerprint density at radius 1 is 1.30 bits per heavy atom. The van der Waals surface area contributed by atoms with Crippen LogP contribution in [0.5, 0.6) is 0 Å². The van der Waals surface area contributed by atoms with E-state index in [1.807, 2.05) is 6.92 Å². The first-order valence-electron chi connectivity index (χ1n) is 8.44. The number of aromatic nitrogens is 1. The molecule has 1 fully saturated rings. The SMILES string of the molecule is CCNC(=NCc1sc(C)nc1C)NCCCN1CCOCC1. The lowest BCUT2D eigenvalue weighted by Crippen LogP contribution is -2.40. The smallest absolute Gasteiger partial charge is 0.191 e. The molecule has 1 aliphatic heterocycles. The van der Waals surface area contributed by atoms with Gasteiger partial charge in [0.05, 0.1) is 30.5 Å². The van der Waals surface area contributed by atoms with Crippen molar-refractivity contribution in [2.24, 2.45) is 4.99 Å². The van der Waals surface area contributed by atoms with Gasteiger partial charge in [-0.2, -0.15) is 0 Å². The van der Waals surface area contributed by atoms with Crippen LogP contribution in [-0.4, -0.2) is 61.8 Å². The molecule has 2 heterocycles. The van der Waals surface area contributed by atoms with Gasteiger partial charge in [-0.25, -0.2) is 9.98 Å². The second-order valence-corrected chi connectivity index (χ2v) is 6.96. The summed E-state index contributed by atoms with van der Waals surface area (Å²) in [5, 5.41) is 7.84. The van der Waals surface area contributed by atoms with E-state index in [0.29, 0.717) is 6.54 Å². The number of thiazole rings is 1. The van der Waals surface area contributed by atoms with E-state index in [9.17, 15) is 0 Å². The van der Waals surface area contributed by atoms with Crippen molar-refractivity contribution in [3.8, 4) is 0 Å². The van der Waals surface area contributed by atoms with Crippen LogP contribution in [0.15, 0.2) is 4.99 Å². The molecule has 0 saturated carbocycles. The van der Waals surface area contributed by atoms with Gasteiger partial charge in [-0.05, 0) is 33.7 Å². The maximum absolute atomic E-state index is 5.37. The summed E-state index contributed by atoms with van der Waals surface area (Å²) < 4.78 is 5.37. The molecule has 0 amide bonds. The van der Waals surface area contributed by atoms with Crippen molar-refractivity contribution in [3.05, 3.63) is 15.6 Å². The van der Waals surface area contributed by atoms with Gasteiger partial charge in [-0.3, -0.25) is 4.90 Å². The molecule has 1 aromatic rings. The summed E-state index contributed by atoms with van der Waals surface area (Å²) in [6.45, 7) is 13.6. The van der Waals surface area contributed by atoms with Gasteiger partial charge in [0, 0.05) is 31.1 Å². The zero-order valence-electron chi connectivity index (χ0n) is 14.5. The first kappa shape index (κ1) is 18.2. The number of aryl methyl sites for hydroxylation is 2. The lowest BCUT2D eigenvalue weighted by atomic mass is 10.3. The molecular weight excluding hydrogens is 310 g/mol. The maximum Gasteiger partial charge on any atom is 0.191 e. The molecule has 1 saturated heterocycles. The van der Waals surface area contributed by atoms with Crippen LogP contribution >= 0.6 is 11.3 Å². The van der Waals surface area contributed by atoms with E-state index in [1.165, 1.54) is 4.88 Å². The minimum absolute atomic E-state index is 0.691. The highest BCUT2D eigenvalue weighted by Gasteiger charge is 2.09. The Morgan fingerprint density at radius 3 is 2.74 bits per heavy atom. The lowest BCUT2D eigenvalue weighted by molar-refractivity contribution is 0.0376. The highest BCUT2D eigenvalue weighted by atomic mass is 32.1. The first-order chi connectivity index (χ1) is 11.2. The molecule has 7 heteroatoms. The first-order valence-corrected chi connectivity index (χ1v) is 9.26. The summed E-state index contributed by atoms with van der Waals surface area (Å²) in [6.07, 6.45) is 1.11. The van der Waals surface area contributed by atoms with Crippen molar-refractivity contribution < 1.29 is 4.74 Å². The van der Waals surface area contributed by atoms with Gasteiger partial charge in [-0.15, -0.1) is 11.3 Å². The molecule has 1 aromatic heterocycles. The summed E-state index contributed by atoms with van der Waals surface area (Å²) in [4.78, 5) is 12.8. The minimum atomic E-state index is 0.691. The number of hydrogen-bond acceptors (Lipinski definition) is 5. The van der Waals surface area contributed by atoms with E-state index >= 15 is 0 Å². The molecular formula is C16H29N5OS. The largest absolute Gasteiger partial charge is 0.379 e. The van der Waals surface area contributed by atoms with Crippen LogP contribution < -0.4 is 10.6 Å². The molecule has 0 bridgehead atoms. The van der Waals surface area contributed by atoms with Gasteiger partial charge in [-0.1, -0.05) is 0 Å². The van der Waals surface area contributed by atoms with Gasteiger partial charge in [0.1, 0.15) is 0 Å². The topological polar surface area (TPSA) is 61.8 Å². The van der Waals surface area contributed by atoms with E-state index in [1.54, 1.807) is 11.3 Å². The summed E-state index contributed by atoms with van der Waals surface area (Å²) in [6, 6.07) is 0. The van der Waals surface area contributed by atoms with Crippen LogP contribution in [0.3, 0.4) is 0 Å². The normalized spacial score (nSPS) is 16.6. The predicted molar refractivity (Wildman–Crippen MR) is 96.3 cm³/mol.